The maximum absolute atomic E-state index is 4.36. The van der Waals surface area contributed by atoms with Gasteiger partial charge in [-0.3, -0.25) is 4.99 Å². The van der Waals surface area contributed by atoms with Crippen LogP contribution in [-0.4, -0.2) is 30.4 Å². The Morgan fingerprint density at radius 3 is 2.73 bits per heavy atom. The van der Waals surface area contributed by atoms with E-state index in [1.54, 1.807) is 0 Å². The average molecular weight is 208 g/mol. The lowest BCUT2D eigenvalue weighted by atomic mass is 9.73. The van der Waals surface area contributed by atoms with Crippen LogP contribution in [0.25, 0.3) is 0 Å². The van der Waals surface area contributed by atoms with Crippen LogP contribution < -0.4 is 0 Å². The van der Waals surface area contributed by atoms with E-state index in [1.165, 1.54) is 19.3 Å². The molecule has 0 aromatic carbocycles. The van der Waals surface area contributed by atoms with Crippen LogP contribution in [0.2, 0.25) is 0 Å². The third kappa shape index (κ3) is 2.35. The molecule has 1 fully saturated rings. The molecule has 0 bridgehead atoms. The topological polar surface area (TPSA) is 15.6 Å². The lowest BCUT2D eigenvalue weighted by molar-refractivity contribution is 0.115. The normalized spacial score (nSPS) is 36.5. The molecule has 0 aromatic rings. The SMILES string of the molecule is CC1CCC(C(C)C)C(N2C=NCC2)C1. The summed E-state index contributed by atoms with van der Waals surface area (Å²) in [5, 5.41) is 0. The van der Waals surface area contributed by atoms with Gasteiger partial charge < -0.3 is 4.90 Å². The maximum Gasteiger partial charge on any atom is 0.0853 e. The number of hydrogen-bond donors (Lipinski definition) is 0. The number of rotatable bonds is 2. The average Bonchev–Trinajstić information content (AvgIpc) is 2.69. The summed E-state index contributed by atoms with van der Waals surface area (Å²) in [4.78, 5) is 6.86. The van der Waals surface area contributed by atoms with E-state index in [4.69, 9.17) is 0 Å². The second kappa shape index (κ2) is 4.54. The van der Waals surface area contributed by atoms with Gasteiger partial charge in [0.05, 0.1) is 12.9 Å². The standard InChI is InChI=1S/C13H24N2/c1-10(2)12-5-4-11(3)8-13(12)15-7-6-14-9-15/h9-13H,4-8H2,1-3H3. The summed E-state index contributed by atoms with van der Waals surface area (Å²) < 4.78 is 0. The van der Waals surface area contributed by atoms with E-state index in [0.717, 1.165) is 36.9 Å². The molecular formula is C13H24N2. The third-order valence-electron chi connectivity index (χ3n) is 4.13. The van der Waals surface area contributed by atoms with E-state index in [0.29, 0.717) is 0 Å². The smallest absolute Gasteiger partial charge is 0.0853 e. The van der Waals surface area contributed by atoms with Crippen LogP contribution in [0.1, 0.15) is 40.0 Å². The van der Waals surface area contributed by atoms with E-state index in [1.807, 2.05) is 0 Å². The summed E-state index contributed by atoms with van der Waals surface area (Å²) in [5.41, 5.74) is 0. The van der Waals surface area contributed by atoms with Crippen LogP contribution in [0.4, 0.5) is 0 Å². The van der Waals surface area contributed by atoms with E-state index >= 15 is 0 Å². The number of aliphatic imine (C=N–C) groups is 1. The van der Waals surface area contributed by atoms with Crippen LogP contribution in [-0.2, 0) is 0 Å². The molecule has 86 valence electrons. The van der Waals surface area contributed by atoms with Crippen molar-refractivity contribution < 1.29 is 0 Å². The Hall–Kier alpha value is -0.530. The maximum atomic E-state index is 4.36. The Morgan fingerprint density at radius 2 is 2.13 bits per heavy atom. The van der Waals surface area contributed by atoms with Crippen LogP contribution in [0.5, 0.6) is 0 Å². The summed E-state index contributed by atoms with van der Waals surface area (Å²) in [6.07, 6.45) is 6.30. The molecule has 2 nitrogen and oxygen atoms in total. The Balaban J connectivity index is 2.05. The number of nitrogens with zero attached hydrogens (tertiary/aromatic N) is 2. The van der Waals surface area contributed by atoms with Gasteiger partial charge in [0.25, 0.3) is 0 Å². The van der Waals surface area contributed by atoms with E-state index in [9.17, 15) is 0 Å². The second-order valence-electron chi connectivity index (χ2n) is 5.65. The molecule has 15 heavy (non-hydrogen) atoms. The van der Waals surface area contributed by atoms with Gasteiger partial charge in [0, 0.05) is 12.6 Å². The van der Waals surface area contributed by atoms with Crippen LogP contribution in [0, 0.1) is 17.8 Å². The highest BCUT2D eigenvalue weighted by molar-refractivity contribution is 5.57. The Morgan fingerprint density at radius 1 is 1.33 bits per heavy atom. The third-order valence-corrected chi connectivity index (χ3v) is 4.13. The molecular weight excluding hydrogens is 184 g/mol. The molecule has 3 unspecified atom stereocenters. The van der Waals surface area contributed by atoms with Gasteiger partial charge in [-0.2, -0.15) is 0 Å². The fraction of sp³-hybridized carbons (Fsp3) is 0.923. The molecule has 0 amide bonds. The minimum atomic E-state index is 0.764. The summed E-state index contributed by atoms with van der Waals surface area (Å²) in [5.74, 6) is 2.60. The fourth-order valence-corrected chi connectivity index (χ4v) is 3.18. The van der Waals surface area contributed by atoms with Crippen molar-refractivity contribution in [3.05, 3.63) is 0 Å². The first kappa shape index (κ1) is 11.0. The van der Waals surface area contributed by atoms with E-state index < -0.39 is 0 Å². The molecule has 2 heteroatoms. The molecule has 0 radical (unpaired) electrons. The van der Waals surface area contributed by atoms with Crippen molar-refractivity contribution in [2.45, 2.75) is 46.1 Å². The van der Waals surface area contributed by atoms with Gasteiger partial charge in [-0.25, -0.2) is 0 Å². The zero-order valence-corrected chi connectivity index (χ0v) is 10.3. The molecule has 1 saturated carbocycles. The number of hydrogen-bond acceptors (Lipinski definition) is 2. The fourth-order valence-electron chi connectivity index (χ4n) is 3.18. The first-order chi connectivity index (χ1) is 7.18. The van der Waals surface area contributed by atoms with Crippen molar-refractivity contribution in [2.75, 3.05) is 13.1 Å². The quantitative estimate of drug-likeness (QED) is 0.681. The first-order valence-corrected chi connectivity index (χ1v) is 6.44. The van der Waals surface area contributed by atoms with Crippen molar-refractivity contribution >= 4 is 6.34 Å². The summed E-state index contributed by atoms with van der Waals surface area (Å²) in [7, 11) is 0. The summed E-state index contributed by atoms with van der Waals surface area (Å²) >= 11 is 0. The van der Waals surface area contributed by atoms with Crippen LogP contribution in [0.3, 0.4) is 0 Å². The zero-order chi connectivity index (χ0) is 10.8. The van der Waals surface area contributed by atoms with Gasteiger partial charge in [-0.15, -0.1) is 0 Å². The van der Waals surface area contributed by atoms with Crippen molar-refractivity contribution in [3.63, 3.8) is 0 Å². The summed E-state index contributed by atoms with van der Waals surface area (Å²) in [6, 6.07) is 0.764. The predicted octanol–water partition coefficient (Wildman–Crippen LogP) is 2.79. The highest BCUT2D eigenvalue weighted by Crippen LogP contribution is 2.36. The van der Waals surface area contributed by atoms with Gasteiger partial charge in [-0.05, 0) is 30.6 Å². The van der Waals surface area contributed by atoms with Gasteiger partial charge in [0.15, 0.2) is 0 Å². The molecule has 1 heterocycles. The van der Waals surface area contributed by atoms with Crippen molar-refractivity contribution in [2.24, 2.45) is 22.7 Å². The molecule has 2 rings (SSSR count). The Labute approximate surface area is 93.8 Å². The highest BCUT2D eigenvalue weighted by atomic mass is 15.2. The monoisotopic (exact) mass is 208 g/mol. The minimum absolute atomic E-state index is 0.764. The molecule has 0 spiro atoms. The lowest BCUT2D eigenvalue weighted by Gasteiger charge is -2.42. The van der Waals surface area contributed by atoms with Gasteiger partial charge in [-0.1, -0.05) is 27.2 Å². The molecule has 0 N–H and O–H groups in total. The molecule has 1 aliphatic heterocycles. The van der Waals surface area contributed by atoms with E-state index in [2.05, 4.69) is 37.0 Å². The Bertz CT molecular complexity index is 235. The molecule has 3 atom stereocenters. The minimum Gasteiger partial charge on any atom is -0.358 e. The van der Waals surface area contributed by atoms with Crippen molar-refractivity contribution in [1.29, 1.82) is 0 Å². The van der Waals surface area contributed by atoms with Gasteiger partial charge in [0.2, 0.25) is 0 Å². The molecule has 0 saturated heterocycles. The second-order valence-corrected chi connectivity index (χ2v) is 5.65. The lowest BCUT2D eigenvalue weighted by Crippen LogP contribution is -2.44. The van der Waals surface area contributed by atoms with Crippen molar-refractivity contribution in [3.8, 4) is 0 Å². The summed E-state index contributed by atoms with van der Waals surface area (Å²) in [6.45, 7) is 9.31. The van der Waals surface area contributed by atoms with E-state index in [-0.39, 0.29) is 0 Å². The predicted molar refractivity (Wildman–Crippen MR) is 65.2 cm³/mol. The molecule has 2 aliphatic rings. The molecule has 1 aliphatic carbocycles. The van der Waals surface area contributed by atoms with Crippen LogP contribution in [0.15, 0.2) is 4.99 Å². The highest BCUT2D eigenvalue weighted by Gasteiger charge is 2.34. The van der Waals surface area contributed by atoms with Crippen molar-refractivity contribution in [1.82, 2.24) is 4.90 Å². The Kier molecular flexibility index (Phi) is 3.32. The van der Waals surface area contributed by atoms with Gasteiger partial charge >= 0.3 is 0 Å². The van der Waals surface area contributed by atoms with Gasteiger partial charge in [0.1, 0.15) is 0 Å². The van der Waals surface area contributed by atoms with Crippen LogP contribution >= 0.6 is 0 Å². The first-order valence-electron chi connectivity index (χ1n) is 6.44. The zero-order valence-electron chi connectivity index (χ0n) is 10.3. The molecule has 0 aromatic heterocycles. The largest absolute Gasteiger partial charge is 0.358 e.